The molecule has 1 aromatic heterocycles. The maximum Gasteiger partial charge on any atom is 0.322 e. The molecule has 7 nitrogen and oxygen atoms in total. The maximum atomic E-state index is 12.6. The summed E-state index contributed by atoms with van der Waals surface area (Å²) < 4.78 is 1.49. The van der Waals surface area contributed by atoms with Gasteiger partial charge in [0.2, 0.25) is 0 Å². The zero-order chi connectivity index (χ0) is 17.6. The summed E-state index contributed by atoms with van der Waals surface area (Å²) in [6, 6.07) is 12.9. The van der Waals surface area contributed by atoms with E-state index in [0.717, 1.165) is 0 Å². The van der Waals surface area contributed by atoms with Gasteiger partial charge in [0, 0.05) is 17.0 Å². The molecule has 25 heavy (non-hydrogen) atoms. The third-order valence-electron chi connectivity index (χ3n) is 4.46. The fraction of sp³-hybridized carbons (Fsp3) is 0.111. The molecule has 1 aliphatic rings. The van der Waals surface area contributed by atoms with E-state index in [-0.39, 0.29) is 18.2 Å². The van der Waals surface area contributed by atoms with Crippen LogP contribution in [-0.2, 0) is 16.9 Å². The number of imide groups is 1. The molecule has 1 atom stereocenters. The van der Waals surface area contributed by atoms with Crippen LogP contribution >= 0.6 is 0 Å². The molecule has 1 aliphatic heterocycles. The number of hydrogen-bond donors (Lipinski definition) is 4. The fourth-order valence-corrected chi connectivity index (χ4v) is 3.24. The van der Waals surface area contributed by atoms with Crippen LogP contribution in [0.1, 0.15) is 5.56 Å². The molecule has 2 heterocycles. The summed E-state index contributed by atoms with van der Waals surface area (Å²) in [5.74, 6) is -0.447. The second-order valence-electron chi connectivity index (χ2n) is 6.03. The number of nitrogens with zero attached hydrogens (tertiary/aromatic N) is 1. The lowest BCUT2D eigenvalue weighted by Gasteiger charge is -2.27. The van der Waals surface area contributed by atoms with E-state index in [9.17, 15) is 19.8 Å². The molecule has 3 aromatic rings. The van der Waals surface area contributed by atoms with Crippen molar-refractivity contribution in [3.8, 4) is 11.6 Å². The van der Waals surface area contributed by atoms with Crippen molar-refractivity contribution in [3.05, 3.63) is 60.3 Å². The molecular formula is C18H15N3O4. The molecule has 7 heteroatoms. The Hall–Kier alpha value is -3.48. The number of fused-ring (bicyclic) bond motifs is 1. The maximum absolute atomic E-state index is 12.6. The molecule has 0 aliphatic carbocycles. The average molecular weight is 337 g/mol. The van der Waals surface area contributed by atoms with Crippen molar-refractivity contribution in [2.75, 3.05) is 0 Å². The van der Waals surface area contributed by atoms with E-state index < -0.39 is 17.5 Å². The molecule has 126 valence electrons. The minimum atomic E-state index is -1.33. The number of carbonyl (C=O) groups is 2. The van der Waals surface area contributed by atoms with Gasteiger partial charge in [0.25, 0.3) is 5.91 Å². The first-order valence-electron chi connectivity index (χ1n) is 7.69. The van der Waals surface area contributed by atoms with E-state index in [4.69, 9.17) is 0 Å². The molecule has 1 fully saturated rings. The van der Waals surface area contributed by atoms with Crippen LogP contribution in [0.25, 0.3) is 10.8 Å². The average Bonchev–Trinajstić information content (AvgIpc) is 3.05. The van der Waals surface area contributed by atoms with Gasteiger partial charge in [-0.3, -0.25) is 10.1 Å². The van der Waals surface area contributed by atoms with E-state index in [0.29, 0.717) is 16.3 Å². The normalized spacial score (nSPS) is 19.8. The number of rotatable bonds is 3. The zero-order valence-electron chi connectivity index (χ0n) is 13.1. The van der Waals surface area contributed by atoms with Gasteiger partial charge in [0.15, 0.2) is 11.4 Å². The Morgan fingerprint density at radius 3 is 2.48 bits per heavy atom. The lowest BCUT2D eigenvalue weighted by atomic mass is 9.90. The molecular weight excluding hydrogens is 322 g/mol. The summed E-state index contributed by atoms with van der Waals surface area (Å²) in [5.41, 5.74) is -0.717. The van der Waals surface area contributed by atoms with Gasteiger partial charge in [-0.25, -0.2) is 4.79 Å². The number of benzene rings is 2. The number of urea groups is 1. The zero-order valence-corrected chi connectivity index (χ0v) is 13.1. The van der Waals surface area contributed by atoms with Gasteiger partial charge in [-0.1, -0.05) is 30.3 Å². The van der Waals surface area contributed by atoms with Gasteiger partial charge in [-0.15, -0.1) is 0 Å². The quantitative estimate of drug-likeness (QED) is 0.547. The number of aromatic hydroxyl groups is 2. The van der Waals surface area contributed by atoms with Crippen LogP contribution in [0.5, 0.6) is 11.6 Å². The van der Waals surface area contributed by atoms with Gasteiger partial charge in [-0.05, 0) is 23.8 Å². The Bertz CT molecular complexity index is 996. The number of nitrogens with one attached hydrogen (secondary N) is 2. The van der Waals surface area contributed by atoms with Gasteiger partial charge >= 0.3 is 6.03 Å². The number of phenols is 1. The molecule has 0 saturated carbocycles. The molecule has 0 spiro atoms. The fourth-order valence-electron chi connectivity index (χ4n) is 3.24. The molecule has 1 unspecified atom stereocenters. The molecule has 0 radical (unpaired) electrons. The predicted octanol–water partition coefficient (Wildman–Crippen LogP) is 1.79. The smallest absolute Gasteiger partial charge is 0.322 e. The summed E-state index contributed by atoms with van der Waals surface area (Å²) in [4.78, 5) is 24.3. The number of carbonyl (C=O) groups excluding carboxylic acids is 2. The Morgan fingerprint density at radius 2 is 1.80 bits per heavy atom. The first-order chi connectivity index (χ1) is 12.0. The van der Waals surface area contributed by atoms with Crippen molar-refractivity contribution in [2.24, 2.45) is 0 Å². The van der Waals surface area contributed by atoms with E-state index in [1.807, 2.05) is 6.07 Å². The Morgan fingerprint density at radius 1 is 1.04 bits per heavy atom. The number of hydrogen-bond acceptors (Lipinski definition) is 4. The lowest BCUT2D eigenvalue weighted by molar-refractivity contribution is -0.124. The van der Waals surface area contributed by atoms with Crippen LogP contribution in [0.3, 0.4) is 0 Å². The summed E-state index contributed by atoms with van der Waals surface area (Å²) in [7, 11) is 0. The standard InChI is InChI=1S/C18H15N3O4/c22-13-6-7-14-11(8-13)9-21(15(14)23)10-18(12-4-2-1-3-5-12)16(24)19-17(25)20-18/h1-9,22-23H,10H2,(H2,19,20,24,25). The molecule has 4 rings (SSSR count). The highest BCUT2D eigenvalue weighted by molar-refractivity contribution is 6.07. The van der Waals surface area contributed by atoms with Crippen LogP contribution in [0, 0.1) is 0 Å². The van der Waals surface area contributed by atoms with Crippen LogP contribution in [-0.4, -0.2) is 26.7 Å². The summed E-state index contributed by atoms with van der Waals surface area (Å²) >= 11 is 0. The van der Waals surface area contributed by atoms with E-state index >= 15 is 0 Å². The van der Waals surface area contributed by atoms with Crippen LogP contribution in [0.15, 0.2) is 54.7 Å². The third-order valence-corrected chi connectivity index (χ3v) is 4.46. The first kappa shape index (κ1) is 15.1. The van der Waals surface area contributed by atoms with Crippen molar-refractivity contribution in [2.45, 2.75) is 12.1 Å². The van der Waals surface area contributed by atoms with Crippen molar-refractivity contribution >= 4 is 22.7 Å². The lowest BCUT2D eigenvalue weighted by Crippen LogP contribution is -2.47. The van der Waals surface area contributed by atoms with E-state index in [1.54, 1.807) is 36.5 Å². The molecule has 3 amide bonds. The number of amides is 3. The van der Waals surface area contributed by atoms with E-state index in [1.165, 1.54) is 16.7 Å². The highest BCUT2D eigenvalue weighted by atomic mass is 16.3. The Balaban J connectivity index is 1.84. The summed E-state index contributed by atoms with van der Waals surface area (Å²) in [6.45, 7) is 0.00978. The van der Waals surface area contributed by atoms with Crippen molar-refractivity contribution in [1.29, 1.82) is 0 Å². The van der Waals surface area contributed by atoms with Gasteiger partial charge in [0.1, 0.15) is 5.75 Å². The predicted molar refractivity (Wildman–Crippen MR) is 90.1 cm³/mol. The summed E-state index contributed by atoms with van der Waals surface area (Å²) in [6.07, 6.45) is 1.63. The van der Waals surface area contributed by atoms with Crippen LogP contribution in [0.4, 0.5) is 4.79 Å². The van der Waals surface area contributed by atoms with Gasteiger partial charge < -0.3 is 20.1 Å². The van der Waals surface area contributed by atoms with Crippen molar-refractivity contribution in [1.82, 2.24) is 15.2 Å². The van der Waals surface area contributed by atoms with Gasteiger partial charge in [-0.2, -0.15) is 0 Å². The molecule has 2 aromatic carbocycles. The topological polar surface area (TPSA) is 104 Å². The Kier molecular flexibility index (Phi) is 3.18. The SMILES string of the molecule is O=C1NC(=O)C(Cn2cc3cc(O)ccc3c2O)(c2ccccc2)N1. The number of phenolic OH excluding ortho intramolecular Hbond substituents is 1. The number of aromatic nitrogens is 1. The van der Waals surface area contributed by atoms with Crippen molar-refractivity contribution in [3.63, 3.8) is 0 Å². The van der Waals surface area contributed by atoms with Crippen LogP contribution in [0.2, 0.25) is 0 Å². The van der Waals surface area contributed by atoms with Crippen LogP contribution < -0.4 is 10.6 Å². The van der Waals surface area contributed by atoms with Gasteiger partial charge in [0.05, 0.1) is 6.54 Å². The minimum absolute atomic E-state index is 0.00978. The second kappa shape index (κ2) is 5.27. The highest BCUT2D eigenvalue weighted by Crippen LogP contribution is 2.34. The highest BCUT2D eigenvalue weighted by Gasteiger charge is 2.48. The molecule has 1 saturated heterocycles. The van der Waals surface area contributed by atoms with Crippen molar-refractivity contribution < 1.29 is 19.8 Å². The third kappa shape index (κ3) is 2.28. The second-order valence-corrected chi connectivity index (χ2v) is 6.03. The Labute approximate surface area is 142 Å². The van der Waals surface area contributed by atoms with E-state index in [2.05, 4.69) is 10.6 Å². The monoisotopic (exact) mass is 337 g/mol. The molecule has 4 N–H and O–H groups in total. The molecule has 0 bridgehead atoms. The largest absolute Gasteiger partial charge is 0.508 e. The summed E-state index contributed by atoms with van der Waals surface area (Å²) in [5, 5.41) is 26.2. The first-order valence-corrected chi connectivity index (χ1v) is 7.69. The minimum Gasteiger partial charge on any atom is -0.508 e.